The number of aliphatic hydroxyl groups is 1. The van der Waals surface area contributed by atoms with Crippen molar-refractivity contribution in [3.63, 3.8) is 0 Å². The molecule has 2 unspecified atom stereocenters. The van der Waals surface area contributed by atoms with E-state index in [1.807, 2.05) is 16.7 Å². The predicted molar refractivity (Wildman–Crippen MR) is 67.6 cm³/mol. The number of morpholine rings is 1. The number of piperidine rings is 1. The lowest BCUT2D eigenvalue weighted by molar-refractivity contribution is -0.0827. The van der Waals surface area contributed by atoms with Gasteiger partial charge in [0.1, 0.15) is 5.60 Å². The van der Waals surface area contributed by atoms with Gasteiger partial charge in [-0.3, -0.25) is 4.40 Å². The maximum atomic E-state index is 11.1. The van der Waals surface area contributed by atoms with Gasteiger partial charge in [0, 0.05) is 24.5 Å². The molecule has 0 amide bonds. The van der Waals surface area contributed by atoms with Crippen LogP contribution in [-0.2, 0) is 10.3 Å². The molecule has 19 heavy (non-hydrogen) atoms. The highest BCUT2D eigenvalue weighted by Crippen LogP contribution is 2.36. The number of nitrogens with zero attached hydrogens (tertiary/aromatic N) is 3. The summed E-state index contributed by atoms with van der Waals surface area (Å²) in [5, 5.41) is 14.5. The van der Waals surface area contributed by atoms with Gasteiger partial charge in [0.2, 0.25) is 5.78 Å². The number of ether oxygens (including phenoxy) is 1. The van der Waals surface area contributed by atoms with E-state index in [0.717, 1.165) is 5.69 Å². The highest BCUT2D eigenvalue weighted by molar-refractivity contribution is 5.33. The molecule has 2 saturated heterocycles. The number of nitrogens with one attached hydrogen (secondary N) is 1. The highest BCUT2D eigenvalue weighted by Gasteiger charge is 2.44. The normalized spacial score (nSPS) is 34.6. The van der Waals surface area contributed by atoms with Gasteiger partial charge >= 0.3 is 0 Å². The molecular weight excluding hydrogens is 244 g/mol. The third-order valence-electron chi connectivity index (χ3n) is 4.04. The molecule has 100 valence electrons. The van der Waals surface area contributed by atoms with Crippen LogP contribution in [0, 0.1) is 0 Å². The van der Waals surface area contributed by atoms with Gasteiger partial charge in [-0.05, 0) is 18.9 Å². The molecule has 2 aromatic heterocycles. The van der Waals surface area contributed by atoms with E-state index in [9.17, 15) is 5.11 Å². The first-order valence-electron chi connectivity index (χ1n) is 6.59. The Morgan fingerprint density at radius 3 is 2.89 bits per heavy atom. The van der Waals surface area contributed by atoms with Gasteiger partial charge in [-0.25, -0.2) is 9.97 Å². The topological polar surface area (TPSA) is 71.7 Å². The fourth-order valence-corrected chi connectivity index (χ4v) is 3.30. The van der Waals surface area contributed by atoms with Crippen LogP contribution in [0.1, 0.15) is 18.5 Å². The summed E-state index contributed by atoms with van der Waals surface area (Å²) >= 11 is 0. The summed E-state index contributed by atoms with van der Waals surface area (Å²) in [6.45, 7) is 1.32. The van der Waals surface area contributed by atoms with Crippen LogP contribution in [0.25, 0.3) is 5.78 Å². The summed E-state index contributed by atoms with van der Waals surface area (Å²) in [7, 11) is 0. The fourth-order valence-electron chi connectivity index (χ4n) is 3.30. The number of aromatic nitrogens is 3. The van der Waals surface area contributed by atoms with E-state index in [-0.39, 0.29) is 12.1 Å². The quantitative estimate of drug-likeness (QED) is 0.759. The Labute approximate surface area is 110 Å². The highest BCUT2D eigenvalue weighted by atomic mass is 16.5. The van der Waals surface area contributed by atoms with Crippen LogP contribution in [0.4, 0.5) is 0 Å². The van der Waals surface area contributed by atoms with Gasteiger partial charge in [-0.1, -0.05) is 0 Å². The van der Waals surface area contributed by atoms with Crippen molar-refractivity contribution in [3.8, 4) is 0 Å². The second kappa shape index (κ2) is 4.00. The first kappa shape index (κ1) is 11.3. The minimum absolute atomic E-state index is 0.208. The third-order valence-corrected chi connectivity index (χ3v) is 4.04. The summed E-state index contributed by atoms with van der Waals surface area (Å²) in [5.74, 6) is 0.630. The van der Waals surface area contributed by atoms with Crippen molar-refractivity contribution in [2.75, 3.05) is 13.2 Å². The summed E-state index contributed by atoms with van der Waals surface area (Å²) in [6, 6.07) is 2.27. The maximum Gasteiger partial charge on any atom is 0.233 e. The first-order chi connectivity index (χ1) is 9.24. The zero-order chi connectivity index (χ0) is 12.9. The van der Waals surface area contributed by atoms with Crippen LogP contribution in [0.3, 0.4) is 0 Å². The molecule has 4 heterocycles. The van der Waals surface area contributed by atoms with Gasteiger partial charge in [-0.2, -0.15) is 0 Å². The van der Waals surface area contributed by atoms with Gasteiger partial charge in [0.25, 0.3) is 0 Å². The van der Waals surface area contributed by atoms with Crippen molar-refractivity contribution < 1.29 is 9.84 Å². The molecule has 0 saturated carbocycles. The average molecular weight is 260 g/mol. The Balaban J connectivity index is 1.78. The average Bonchev–Trinajstić information content (AvgIpc) is 2.82. The summed E-state index contributed by atoms with van der Waals surface area (Å²) in [5.41, 5.74) is -0.0266. The largest absolute Gasteiger partial charge is 0.383 e. The summed E-state index contributed by atoms with van der Waals surface area (Å²) in [4.78, 5) is 8.47. The molecular formula is C13H16N4O2. The van der Waals surface area contributed by atoms with E-state index >= 15 is 0 Å². The van der Waals surface area contributed by atoms with Crippen LogP contribution >= 0.6 is 0 Å². The van der Waals surface area contributed by atoms with Crippen molar-refractivity contribution in [1.29, 1.82) is 0 Å². The van der Waals surface area contributed by atoms with Crippen molar-refractivity contribution in [3.05, 3.63) is 30.4 Å². The molecule has 0 spiro atoms. The van der Waals surface area contributed by atoms with E-state index in [4.69, 9.17) is 4.74 Å². The van der Waals surface area contributed by atoms with Crippen molar-refractivity contribution in [2.45, 2.75) is 30.5 Å². The van der Waals surface area contributed by atoms with Gasteiger partial charge in [0.15, 0.2) is 0 Å². The second-order valence-electron chi connectivity index (χ2n) is 5.47. The zero-order valence-corrected chi connectivity index (χ0v) is 10.5. The first-order valence-corrected chi connectivity index (χ1v) is 6.59. The summed E-state index contributed by atoms with van der Waals surface area (Å²) < 4.78 is 7.40. The van der Waals surface area contributed by atoms with Gasteiger partial charge in [0.05, 0.1) is 25.1 Å². The van der Waals surface area contributed by atoms with Crippen molar-refractivity contribution in [1.82, 2.24) is 19.7 Å². The number of rotatable bonds is 1. The van der Waals surface area contributed by atoms with Gasteiger partial charge < -0.3 is 15.2 Å². The lowest BCUT2D eigenvalue weighted by Crippen LogP contribution is -2.58. The second-order valence-corrected chi connectivity index (χ2v) is 5.47. The van der Waals surface area contributed by atoms with E-state index in [1.54, 1.807) is 12.4 Å². The minimum Gasteiger partial charge on any atom is -0.383 e. The molecule has 2 aliphatic rings. The number of imidazole rings is 1. The Morgan fingerprint density at radius 2 is 2.11 bits per heavy atom. The van der Waals surface area contributed by atoms with Crippen LogP contribution in [0.15, 0.2) is 24.7 Å². The number of hydrogen-bond donors (Lipinski definition) is 2. The molecule has 2 aromatic rings. The molecule has 2 N–H and O–H groups in total. The number of hydrogen-bond acceptors (Lipinski definition) is 5. The maximum absolute atomic E-state index is 11.1. The fraction of sp³-hybridized carbons (Fsp3) is 0.538. The molecule has 0 aliphatic carbocycles. The molecule has 6 nitrogen and oxygen atoms in total. The van der Waals surface area contributed by atoms with Crippen LogP contribution in [0.2, 0.25) is 0 Å². The minimum atomic E-state index is -0.854. The standard InChI is InChI=1S/C13H16N4O2/c18-13(4-9-7-19-8-10(5-13)16-9)11-6-15-12-14-2-1-3-17(11)12/h1-3,6,9-10,16,18H,4-5,7-8H2. The smallest absolute Gasteiger partial charge is 0.233 e. The zero-order valence-electron chi connectivity index (χ0n) is 10.5. The summed E-state index contributed by atoms with van der Waals surface area (Å²) in [6.07, 6.45) is 6.64. The Hall–Kier alpha value is -1.50. The molecule has 2 aliphatic heterocycles. The third kappa shape index (κ3) is 1.75. The van der Waals surface area contributed by atoms with Crippen LogP contribution < -0.4 is 5.32 Å². The lowest BCUT2D eigenvalue weighted by atomic mass is 9.81. The van der Waals surface area contributed by atoms with E-state index in [0.29, 0.717) is 31.8 Å². The van der Waals surface area contributed by atoms with Crippen LogP contribution in [-0.4, -0.2) is 44.8 Å². The molecule has 2 fully saturated rings. The molecule has 4 rings (SSSR count). The molecule has 6 heteroatoms. The van der Waals surface area contributed by atoms with Crippen molar-refractivity contribution in [2.24, 2.45) is 0 Å². The SMILES string of the molecule is OC1(c2cnc3ncccn23)CC2COCC(C1)N2. The van der Waals surface area contributed by atoms with E-state index < -0.39 is 5.60 Å². The molecule has 2 bridgehead atoms. The molecule has 0 radical (unpaired) electrons. The monoisotopic (exact) mass is 260 g/mol. The van der Waals surface area contributed by atoms with Crippen LogP contribution in [0.5, 0.6) is 0 Å². The predicted octanol–water partition coefficient (Wildman–Crippen LogP) is 0.0677. The Bertz CT molecular complexity index is 599. The molecule has 2 atom stereocenters. The Morgan fingerprint density at radius 1 is 1.32 bits per heavy atom. The van der Waals surface area contributed by atoms with E-state index in [1.165, 1.54) is 0 Å². The van der Waals surface area contributed by atoms with Crippen molar-refractivity contribution >= 4 is 5.78 Å². The van der Waals surface area contributed by atoms with Gasteiger partial charge in [-0.15, -0.1) is 0 Å². The van der Waals surface area contributed by atoms with E-state index in [2.05, 4.69) is 15.3 Å². The lowest BCUT2D eigenvalue weighted by Gasteiger charge is -2.44. The molecule has 0 aromatic carbocycles. The Kier molecular flexibility index (Phi) is 2.38. The number of fused-ring (bicyclic) bond motifs is 3.